The van der Waals surface area contributed by atoms with Gasteiger partial charge < -0.3 is 9.47 Å². The molecule has 0 unspecified atom stereocenters. The van der Waals surface area contributed by atoms with E-state index in [1.807, 2.05) is 26.0 Å². The van der Waals surface area contributed by atoms with E-state index in [4.69, 9.17) is 19.4 Å². The van der Waals surface area contributed by atoms with E-state index in [9.17, 15) is 0 Å². The molecule has 5 nitrogen and oxygen atoms in total. The van der Waals surface area contributed by atoms with E-state index in [1.165, 1.54) is 27.8 Å². The standard InChI is InChI=1S/C27H31N3O2S2/c1-6-7-21-20-13-31-27(4,5)12-19(20)22-23-24(34-25(22)30-21)26(29-15-28-23)33-14-17-8-10-18(11-9-17)32-16(2)3/h8-11,15-16H,6-7,12-14H2,1-5H3. The van der Waals surface area contributed by atoms with Gasteiger partial charge in [-0.15, -0.1) is 23.1 Å². The zero-order chi connectivity index (χ0) is 23.9. The zero-order valence-corrected chi connectivity index (χ0v) is 22.1. The van der Waals surface area contributed by atoms with Crippen molar-refractivity contribution < 1.29 is 9.47 Å². The van der Waals surface area contributed by atoms with E-state index in [0.717, 1.165) is 50.8 Å². The summed E-state index contributed by atoms with van der Waals surface area (Å²) in [6, 6.07) is 8.34. The fourth-order valence-corrected chi connectivity index (χ4v) is 6.70. The van der Waals surface area contributed by atoms with Crippen LogP contribution in [0.25, 0.3) is 20.4 Å². The summed E-state index contributed by atoms with van der Waals surface area (Å²) in [5.74, 6) is 1.75. The van der Waals surface area contributed by atoms with Crippen LogP contribution in [0.3, 0.4) is 0 Å². The molecule has 7 heteroatoms. The lowest BCUT2D eigenvalue weighted by Crippen LogP contribution is -2.32. The van der Waals surface area contributed by atoms with Crippen LogP contribution in [0.2, 0.25) is 0 Å². The zero-order valence-electron chi connectivity index (χ0n) is 20.5. The van der Waals surface area contributed by atoms with Crippen LogP contribution in [0.15, 0.2) is 35.6 Å². The highest BCUT2D eigenvalue weighted by Gasteiger charge is 2.31. The Morgan fingerprint density at radius 2 is 1.94 bits per heavy atom. The van der Waals surface area contributed by atoms with Crippen molar-refractivity contribution in [3.63, 3.8) is 0 Å². The summed E-state index contributed by atoms with van der Waals surface area (Å²) in [4.78, 5) is 15.6. The lowest BCUT2D eigenvalue weighted by atomic mass is 9.88. The molecule has 1 aliphatic heterocycles. The minimum Gasteiger partial charge on any atom is -0.491 e. The molecule has 0 amide bonds. The molecule has 1 aliphatic rings. The molecule has 0 atom stereocenters. The van der Waals surface area contributed by atoms with Crippen molar-refractivity contribution in [1.29, 1.82) is 0 Å². The van der Waals surface area contributed by atoms with E-state index in [2.05, 4.69) is 37.9 Å². The van der Waals surface area contributed by atoms with Gasteiger partial charge in [0, 0.05) is 28.8 Å². The normalized spacial score (nSPS) is 15.2. The number of ether oxygens (including phenoxy) is 2. The summed E-state index contributed by atoms with van der Waals surface area (Å²) in [6.07, 6.45) is 4.80. The topological polar surface area (TPSA) is 57.1 Å². The van der Waals surface area contributed by atoms with Crippen LogP contribution >= 0.6 is 23.1 Å². The van der Waals surface area contributed by atoms with Gasteiger partial charge in [-0.05, 0) is 57.4 Å². The summed E-state index contributed by atoms with van der Waals surface area (Å²) in [6.45, 7) is 11.3. The number of fused-ring (bicyclic) bond motifs is 5. The van der Waals surface area contributed by atoms with Gasteiger partial charge in [0.1, 0.15) is 21.9 Å². The fraction of sp³-hybridized carbons (Fsp3) is 0.444. The highest BCUT2D eigenvalue weighted by atomic mass is 32.2. The van der Waals surface area contributed by atoms with Gasteiger partial charge in [0.25, 0.3) is 0 Å². The smallest absolute Gasteiger partial charge is 0.126 e. The third kappa shape index (κ3) is 4.66. The van der Waals surface area contributed by atoms with E-state index in [0.29, 0.717) is 6.61 Å². The Kier molecular flexibility index (Phi) is 6.53. The maximum atomic E-state index is 6.17. The maximum Gasteiger partial charge on any atom is 0.126 e. The number of benzene rings is 1. The maximum absolute atomic E-state index is 6.17. The summed E-state index contributed by atoms with van der Waals surface area (Å²) in [5, 5.41) is 2.22. The predicted octanol–water partition coefficient (Wildman–Crippen LogP) is 7.12. The van der Waals surface area contributed by atoms with E-state index in [1.54, 1.807) is 29.4 Å². The molecule has 0 fully saturated rings. The van der Waals surface area contributed by atoms with Crippen LogP contribution in [0, 0.1) is 0 Å². The van der Waals surface area contributed by atoms with Crippen molar-refractivity contribution in [1.82, 2.24) is 15.0 Å². The number of thioether (sulfide) groups is 1. The van der Waals surface area contributed by atoms with Crippen LogP contribution in [-0.4, -0.2) is 26.7 Å². The number of aryl methyl sites for hydroxylation is 1. The molecule has 4 heterocycles. The molecule has 0 spiro atoms. The molecule has 0 saturated carbocycles. The molecule has 0 radical (unpaired) electrons. The Bertz CT molecular complexity index is 1330. The Morgan fingerprint density at radius 3 is 2.68 bits per heavy atom. The van der Waals surface area contributed by atoms with Crippen LogP contribution < -0.4 is 4.74 Å². The Hall–Kier alpha value is -2.22. The Labute approximate surface area is 209 Å². The second kappa shape index (κ2) is 9.44. The fourth-order valence-electron chi connectivity index (χ4n) is 4.49. The molecular formula is C27H31N3O2S2. The molecule has 0 aliphatic carbocycles. The third-order valence-corrected chi connectivity index (χ3v) is 8.31. The molecule has 34 heavy (non-hydrogen) atoms. The second-order valence-electron chi connectivity index (χ2n) is 9.73. The SMILES string of the molecule is CCCc1nc2sc3c(SCc4ccc(OC(C)C)cc4)ncnc3c2c2c1COC(C)(C)C2. The van der Waals surface area contributed by atoms with Gasteiger partial charge in [0.15, 0.2) is 0 Å². The van der Waals surface area contributed by atoms with Crippen LogP contribution in [0.4, 0.5) is 0 Å². The van der Waals surface area contributed by atoms with Crippen molar-refractivity contribution in [2.75, 3.05) is 0 Å². The number of thiophene rings is 1. The average molecular weight is 494 g/mol. The summed E-state index contributed by atoms with van der Waals surface area (Å²) < 4.78 is 13.1. The summed E-state index contributed by atoms with van der Waals surface area (Å²) in [5.41, 5.74) is 5.90. The number of aromatic nitrogens is 3. The largest absolute Gasteiger partial charge is 0.491 e. The first-order valence-corrected chi connectivity index (χ1v) is 13.7. The number of nitrogens with zero attached hydrogens (tertiary/aromatic N) is 3. The van der Waals surface area contributed by atoms with Gasteiger partial charge in [0.2, 0.25) is 0 Å². The van der Waals surface area contributed by atoms with Crippen molar-refractivity contribution in [2.45, 2.75) is 83.0 Å². The minimum atomic E-state index is -0.185. The van der Waals surface area contributed by atoms with E-state index in [-0.39, 0.29) is 11.7 Å². The van der Waals surface area contributed by atoms with Gasteiger partial charge in [0.05, 0.1) is 28.5 Å². The molecule has 0 bridgehead atoms. The van der Waals surface area contributed by atoms with Gasteiger partial charge in [-0.1, -0.05) is 25.5 Å². The number of hydrogen-bond donors (Lipinski definition) is 0. The number of pyridine rings is 1. The number of rotatable bonds is 7. The highest BCUT2D eigenvalue weighted by Crippen LogP contribution is 2.43. The first-order chi connectivity index (χ1) is 16.3. The molecule has 0 saturated heterocycles. The second-order valence-corrected chi connectivity index (χ2v) is 11.7. The lowest BCUT2D eigenvalue weighted by Gasteiger charge is -2.33. The van der Waals surface area contributed by atoms with Crippen LogP contribution in [0.5, 0.6) is 5.75 Å². The van der Waals surface area contributed by atoms with Crippen LogP contribution in [0.1, 0.15) is 63.4 Å². The summed E-state index contributed by atoms with van der Waals surface area (Å²) in [7, 11) is 0. The highest BCUT2D eigenvalue weighted by molar-refractivity contribution is 7.98. The predicted molar refractivity (Wildman–Crippen MR) is 141 cm³/mol. The van der Waals surface area contributed by atoms with Crippen molar-refractivity contribution >= 4 is 43.5 Å². The summed E-state index contributed by atoms with van der Waals surface area (Å²) >= 11 is 3.48. The minimum absolute atomic E-state index is 0.178. The number of hydrogen-bond acceptors (Lipinski definition) is 7. The molecule has 3 aromatic heterocycles. The third-order valence-electron chi connectivity index (χ3n) is 6.04. The van der Waals surface area contributed by atoms with E-state index < -0.39 is 0 Å². The van der Waals surface area contributed by atoms with Crippen molar-refractivity contribution in [2.24, 2.45) is 0 Å². The lowest BCUT2D eigenvalue weighted by molar-refractivity contribution is -0.0401. The van der Waals surface area contributed by atoms with Crippen molar-refractivity contribution in [3.8, 4) is 5.75 Å². The Morgan fingerprint density at radius 1 is 1.15 bits per heavy atom. The van der Waals surface area contributed by atoms with Gasteiger partial charge in [-0.2, -0.15) is 0 Å². The molecular weight excluding hydrogens is 462 g/mol. The quantitative estimate of drug-likeness (QED) is 0.202. The molecule has 5 rings (SSSR count). The first-order valence-electron chi connectivity index (χ1n) is 11.9. The van der Waals surface area contributed by atoms with Gasteiger partial charge in [-0.3, -0.25) is 0 Å². The van der Waals surface area contributed by atoms with Crippen molar-refractivity contribution in [3.05, 3.63) is 53.0 Å². The average Bonchev–Trinajstić information content (AvgIpc) is 3.17. The molecule has 178 valence electrons. The van der Waals surface area contributed by atoms with E-state index >= 15 is 0 Å². The van der Waals surface area contributed by atoms with Gasteiger partial charge >= 0.3 is 0 Å². The monoisotopic (exact) mass is 493 g/mol. The molecule has 0 N–H and O–H groups in total. The Balaban J connectivity index is 1.52. The van der Waals surface area contributed by atoms with Gasteiger partial charge in [-0.25, -0.2) is 15.0 Å². The first kappa shape index (κ1) is 23.5. The molecule has 4 aromatic rings. The van der Waals surface area contributed by atoms with Crippen LogP contribution in [-0.2, 0) is 29.9 Å². The molecule has 1 aromatic carbocycles.